The summed E-state index contributed by atoms with van der Waals surface area (Å²) >= 11 is 0. The van der Waals surface area contributed by atoms with Crippen LogP contribution in [-0.2, 0) is 4.74 Å². The molecule has 1 fully saturated rings. The summed E-state index contributed by atoms with van der Waals surface area (Å²) in [4.78, 5) is 10.5. The van der Waals surface area contributed by atoms with E-state index in [1.165, 1.54) is 6.33 Å². The Bertz CT molecular complexity index is 398. The summed E-state index contributed by atoms with van der Waals surface area (Å²) in [5, 5.41) is 0. The van der Waals surface area contributed by atoms with Crippen LogP contribution in [0.5, 0.6) is 5.88 Å². The van der Waals surface area contributed by atoms with Crippen LogP contribution in [0, 0.1) is 0 Å². The summed E-state index contributed by atoms with van der Waals surface area (Å²) in [6.07, 6.45) is 4.59. The van der Waals surface area contributed by atoms with Gasteiger partial charge in [0.2, 0.25) is 5.88 Å². The molecule has 2 heterocycles. The normalized spacial score (nSPS) is 18.9. The van der Waals surface area contributed by atoms with Crippen LogP contribution < -0.4 is 9.64 Å². The van der Waals surface area contributed by atoms with E-state index in [0.717, 1.165) is 25.3 Å². The van der Waals surface area contributed by atoms with Crippen LogP contribution >= 0.6 is 0 Å². The molecular formula is C13H19N3O2. The van der Waals surface area contributed by atoms with Crippen LogP contribution in [0.2, 0.25) is 0 Å². The maximum atomic E-state index is 5.65. The summed E-state index contributed by atoms with van der Waals surface area (Å²) in [6.45, 7) is 8.62. The Morgan fingerprint density at radius 1 is 1.56 bits per heavy atom. The topological polar surface area (TPSA) is 47.5 Å². The van der Waals surface area contributed by atoms with Crippen LogP contribution in [-0.4, -0.2) is 42.4 Å². The van der Waals surface area contributed by atoms with E-state index >= 15 is 0 Å². The van der Waals surface area contributed by atoms with Crippen molar-refractivity contribution >= 4 is 5.82 Å². The molecular weight excluding hydrogens is 230 g/mol. The van der Waals surface area contributed by atoms with Crippen molar-refractivity contribution < 1.29 is 9.47 Å². The Morgan fingerprint density at radius 3 is 3.22 bits per heavy atom. The minimum atomic E-state index is 0.258. The van der Waals surface area contributed by atoms with E-state index in [1.54, 1.807) is 6.08 Å². The second kappa shape index (κ2) is 6.35. The van der Waals surface area contributed by atoms with E-state index in [4.69, 9.17) is 9.47 Å². The molecule has 0 radical (unpaired) electrons. The molecule has 5 nitrogen and oxygen atoms in total. The van der Waals surface area contributed by atoms with Crippen LogP contribution in [0.4, 0.5) is 5.82 Å². The van der Waals surface area contributed by atoms with Gasteiger partial charge in [0.1, 0.15) is 12.1 Å². The standard InChI is InChI=1S/C13H19N3O2/c1-3-7-18-11-5-6-16(9-11)12-8-13(17-4-2)15-10-14-12/h3,8,10-11H,1,4-7,9H2,2H3/t11-/m1/s1. The minimum absolute atomic E-state index is 0.258. The summed E-state index contributed by atoms with van der Waals surface area (Å²) in [5.41, 5.74) is 0. The van der Waals surface area contributed by atoms with Crippen molar-refractivity contribution in [3.63, 3.8) is 0 Å². The lowest BCUT2D eigenvalue weighted by Crippen LogP contribution is -2.23. The number of anilines is 1. The first kappa shape index (κ1) is 12.8. The molecule has 2 rings (SSSR count). The first-order valence-electron chi connectivity index (χ1n) is 6.25. The van der Waals surface area contributed by atoms with Gasteiger partial charge >= 0.3 is 0 Å². The Morgan fingerprint density at radius 2 is 2.44 bits per heavy atom. The van der Waals surface area contributed by atoms with Gasteiger partial charge in [-0.15, -0.1) is 6.58 Å². The number of rotatable bonds is 6. The van der Waals surface area contributed by atoms with E-state index in [1.807, 2.05) is 13.0 Å². The first-order valence-corrected chi connectivity index (χ1v) is 6.25. The highest BCUT2D eigenvalue weighted by molar-refractivity contribution is 5.42. The van der Waals surface area contributed by atoms with Crippen molar-refractivity contribution in [2.24, 2.45) is 0 Å². The van der Waals surface area contributed by atoms with Gasteiger partial charge in [-0.1, -0.05) is 6.08 Å². The molecule has 1 aliphatic heterocycles. The van der Waals surface area contributed by atoms with Crippen molar-refractivity contribution in [2.45, 2.75) is 19.4 Å². The number of ether oxygens (including phenoxy) is 2. The SMILES string of the molecule is C=CCO[C@@H]1CCN(c2cc(OCC)ncn2)C1. The Hall–Kier alpha value is -1.62. The monoisotopic (exact) mass is 249 g/mol. The molecule has 0 aliphatic carbocycles. The van der Waals surface area contributed by atoms with Gasteiger partial charge in [0.05, 0.1) is 19.3 Å². The molecule has 0 unspecified atom stereocenters. The summed E-state index contributed by atoms with van der Waals surface area (Å²) in [6, 6.07) is 1.87. The molecule has 98 valence electrons. The highest BCUT2D eigenvalue weighted by atomic mass is 16.5. The molecule has 1 aromatic heterocycles. The fraction of sp³-hybridized carbons (Fsp3) is 0.538. The third kappa shape index (κ3) is 3.20. The molecule has 18 heavy (non-hydrogen) atoms. The van der Waals surface area contributed by atoms with E-state index in [0.29, 0.717) is 19.1 Å². The number of hydrogen-bond donors (Lipinski definition) is 0. The van der Waals surface area contributed by atoms with E-state index < -0.39 is 0 Å². The second-order valence-corrected chi connectivity index (χ2v) is 4.13. The molecule has 1 aliphatic rings. The van der Waals surface area contributed by atoms with Crippen molar-refractivity contribution in [3.05, 3.63) is 25.0 Å². The van der Waals surface area contributed by atoms with Crippen molar-refractivity contribution in [2.75, 3.05) is 31.2 Å². The highest BCUT2D eigenvalue weighted by Gasteiger charge is 2.24. The third-order valence-electron chi connectivity index (χ3n) is 2.84. The average Bonchev–Trinajstić information content (AvgIpc) is 2.86. The van der Waals surface area contributed by atoms with Crippen LogP contribution in [0.15, 0.2) is 25.0 Å². The van der Waals surface area contributed by atoms with E-state index in [9.17, 15) is 0 Å². The minimum Gasteiger partial charge on any atom is -0.478 e. The van der Waals surface area contributed by atoms with Crippen molar-refractivity contribution in [1.82, 2.24) is 9.97 Å². The molecule has 5 heteroatoms. The fourth-order valence-electron chi connectivity index (χ4n) is 2.01. The predicted octanol–water partition coefficient (Wildman–Crippen LogP) is 1.66. The van der Waals surface area contributed by atoms with Gasteiger partial charge < -0.3 is 14.4 Å². The van der Waals surface area contributed by atoms with Crippen molar-refractivity contribution in [1.29, 1.82) is 0 Å². The van der Waals surface area contributed by atoms with Crippen molar-refractivity contribution in [3.8, 4) is 5.88 Å². The van der Waals surface area contributed by atoms with Gasteiger partial charge in [0, 0.05) is 19.2 Å². The largest absolute Gasteiger partial charge is 0.478 e. The molecule has 0 aromatic carbocycles. The van der Waals surface area contributed by atoms with Gasteiger partial charge in [-0.05, 0) is 13.3 Å². The molecule has 0 N–H and O–H groups in total. The number of hydrogen-bond acceptors (Lipinski definition) is 5. The number of nitrogens with zero attached hydrogens (tertiary/aromatic N) is 3. The lowest BCUT2D eigenvalue weighted by molar-refractivity contribution is 0.0909. The highest BCUT2D eigenvalue weighted by Crippen LogP contribution is 2.21. The zero-order chi connectivity index (χ0) is 12.8. The summed E-state index contributed by atoms with van der Waals surface area (Å²) in [7, 11) is 0. The summed E-state index contributed by atoms with van der Waals surface area (Å²) in [5.74, 6) is 1.52. The van der Waals surface area contributed by atoms with Gasteiger partial charge in [0.15, 0.2) is 0 Å². The smallest absolute Gasteiger partial charge is 0.218 e. The average molecular weight is 249 g/mol. The fourth-order valence-corrected chi connectivity index (χ4v) is 2.01. The van der Waals surface area contributed by atoms with E-state index in [2.05, 4.69) is 21.4 Å². The van der Waals surface area contributed by atoms with Gasteiger partial charge in [-0.25, -0.2) is 9.97 Å². The van der Waals surface area contributed by atoms with Crippen LogP contribution in [0.3, 0.4) is 0 Å². The van der Waals surface area contributed by atoms with Crippen LogP contribution in [0.25, 0.3) is 0 Å². The van der Waals surface area contributed by atoms with Crippen LogP contribution in [0.1, 0.15) is 13.3 Å². The maximum absolute atomic E-state index is 5.65. The molecule has 1 aromatic rings. The van der Waals surface area contributed by atoms with Gasteiger partial charge in [-0.2, -0.15) is 0 Å². The maximum Gasteiger partial charge on any atom is 0.218 e. The first-order chi connectivity index (χ1) is 8.83. The second-order valence-electron chi connectivity index (χ2n) is 4.13. The zero-order valence-electron chi connectivity index (χ0n) is 10.7. The third-order valence-corrected chi connectivity index (χ3v) is 2.84. The lowest BCUT2D eigenvalue weighted by atomic mass is 10.3. The van der Waals surface area contributed by atoms with Gasteiger partial charge in [-0.3, -0.25) is 0 Å². The quantitative estimate of drug-likeness (QED) is 0.717. The van der Waals surface area contributed by atoms with E-state index in [-0.39, 0.29) is 6.10 Å². The van der Waals surface area contributed by atoms with Gasteiger partial charge in [0.25, 0.3) is 0 Å². The Labute approximate surface area is 107 Å². The molecule has 0 saturated carbocycles. The zero-order valence-corrected chi connectivity index (χ0v) is 10.7. The molecule has 0 bridgehead atoms. The Balaban J connectivity index is 1.95. The molecule has 1 atom stereocenters. The summed E-state index contributed by atoms with van der Waals surface area (Å²) < 4.78 is 11.0. The molecule has 1 saturated heterocycles. The Kier molecular flexibility index (Phi) is 4.52. The molecule has 0 spiro atoms. The molecule has 0 amide bonds. The lowest BCUT2D eigenvalue weighted by Gasteiger charge is -2.17. The predicted molar refractivity (Wildman–Crippen MR) is 70.0 cm³/mol. The number of aromatic nitrogens is 2.